The second-order valence-electron chi connectivity index (χ2n) is 12.0. The fourth-order valence-corrected chi connectivity index (χ4v) is 6.01. The van der Waals surface area contributed by atoms with E-state index in [1.165, 1.54) is 11.0 Å². The van der Waals surface area contributed by atoms with Crippen molar-refractivity contribution < 1.29 is 37.4 Å². The molecule has 2 heterocycles. The SMILES string of the molecule is CCN(CC)C(=O)c1ccn2c1CN(C(=O)OC(=O)N[C@@H](Cc1ccccc1)[C@H](O)CNC1(c3cccc(C(F)(F)F)c3)CC1)CC2. The first-order chi connectivity index (χ1) is 22.4. The lowest BCUT2D eigenvalue weighted by Gasteiger charge is -2.30. The molecule has 0 unspecified atom stereocenters. The second-order valence-corrected chi connectivity index (χ2v) is 12.0. The van der Waals surface area contributed by atoms with Crippen molar-refractivity contribution in [3.05, 3.63) is 94.8 Å². The van der Waals surface area contributed by atoms with Gasteiger partial charge in [-0.2, -0.15) is 13.2 Å². The third kappa shape index (κ3) is 7.96. The number of nitrogens with zero attached hydrogens (tertiary/aromatic N) is 3. The Morgan fingerprint density at radius 2 is 1.74 bits per heavy atom. The van der Waals surface area contributed by atoms with Gasteiger partial charge in [-0.05, 0) is 62.4 Å². The largest absolute Gasteiger partial charge is 0.419 e. The Bertz CT molecular complexity index is 1570. The highest BCUT2D eigenvalue weighted by molar-refractivity contribution is 5.95. The molecule has 3 N–H and O–H groups in total. The summed E-state index contributed by atoms with van der Waals surface area (Å²) >= 11 is 0. The van der Waals surface area contributed by atoms with E-state index in [1.54, 1.807) is 17.0 Å². The summed E-state index contributed by atoms with van der Waals surface area (Å²) in [5.74, 6) is -0.135. The number of ether oxygens (including phenoxy) is 1. The van der Waals surface area contributed by atoms with Crippen LogP contribution in [0.3, 0.4) is 0 Å². The lowest BCUT2D eigenvalue weighted by molar-refractivity contribution is -0.137. The zero-order valence-electron chi connectivity index (χ0n) is 26.4. The molecule has 47 heavy (non-hydrogen) atoms. The summed E-state index contributed by atoms with van der Waals surface area (Å²) in [5.41, 5.74) is 0.980. The number of carbonyl (C=O) groups excluding carboxylic acids is 3. The molecule has 1 saturated carbocycles. The highest BCUT2D eigenvalue weighted by atomic mass is 19.4. The molecule has 1 aliphatic heterocycles. The van der Waals surface area contributed by atoms with E-state index in [9.17, 15) is 32.7 Å². The van der Waals surface area contributed by atoms with Gasteiger partial charge >= 0.3 is 18.4 Å². The summed E-state index contributed by atoms with van der Waals surface area (Å²) in [7, 11) is 0. The topological polar surface area (TPSA) is 116 Å². The molecule has 3 amide bonds. The Kier molecular flexibility index (Phi) is 10.3. The highest BCUT2D eigenvalue weighted by Crippen LogP contribution is 2.46. The van der Waals surface area contributed by atoms with E-state index in [4.69, 9.17) is 4.74 Å². The van der Waals surface area contributed by atoms with Crippen molar-refractivity contribution in [1.29, 1.82) is 0 Å². The van der Waals surface area contributed by atoms with Gasteiger partial charge in [0.2, 0.25) is 0 Å². The van der Waals surface area contributed by atoms with Crippen LogP contribution >= 0.6 is 0 Å². The average molecular weight is 656 g/mol. The Hall–Kier alpha value is -4.36. The third-order valence-electron chi connectivity index (χ3n) is 8.96. The van der Waals surface area contributed by atoms with Crippen molar-refractivity contribution in [2.75, 3.05) is 26.2 Å². The number of aliphatic hydroxyl groups excluding tert-OH is 1. The van der Waals surface area contributed by atoms with Crippen LogP contribution in [0.2, 0.25) is 0 Å². The minimum atomic E-state index is -4.47. The molecule has 2 aromatic carbocycles. The summed E-state index contributed by atoms with van der Waals surface area (Å²) in [5, 5.41) is 17.1. The quantitative estimate of drug-likeness (QED) is 0.253. The smallest absolute Gasteiger partial charge is 0.390 e. The fourth-order valence-electron chi connectivity index (χ4n) is 6.01. The first-order valence-corrected chi connectivity index (χ1v) is 15.8. The molecule has 0 bridgehead atoms. The lowest BCUT2D eigenvalue weighted by Crippen LogP contribution is -2.51. The van der Waals surface area contributed by atoms with Gasteiger partial charge in [-0.1, -0.05) is 42.5 Å². The number of aromatic nitrogens is 1. The van der Waals surface area contributed by atoms with Crippen LogP contribution in [0.15, 0.2) is 66.9 Å². The van der Waals surface area contributed by atoms with Gasteiger partial charge in [0.25, 0.3) is 5.91 Å². The monoisotopic (exact) mass is 655 g/mol. The number of nitrogens with one attached hydrogen (secondary N) is 2. The van der Waals surface area contributed by atoms with Crippen LogP contribution in [0.25, 0.3) is 0 Å². The molecule has 252 valence electrons. The molecule has 0 saturated heterocycles. The van der Waals surface area contributed by atoms with Crippen molar-refractivity contribution in [2.24, 2.45) is 0 Å². The normalized spacial score (nSPS) is 16.5. The number of fused-ring (bicyclic) bond motifs is 1. The van der Waals surface area contributed by atoms with Crippen LogP contribution in [-0.2, 0) is 36.0 Å². The van der Waals surface area contributed by atoms with Gasteiger partial charge in [0.1, 0.15) is 0 Å². The summed E-state index contributed by atoms with van der Waals surface area (Å²) < 4.78 is 47.1. The van der Waals surface area contributed by atoms with Crippen LogP contribution in [0.1, 0.15) is 59.4 Å². The lowest BCUT2D eigenvalue weighted by atomic mass is 9.99. The maximum absolute atomic E-state index is 13.3. The molecular weight excluding hydrogens is 615 g/mol. The van der Waals surface area contributed by atoms with E-state index < -0.39 is 41.6 Å². The van der Waals surface area contributed by atoms with Crippen LogP contribution in [-0.4, -0.2) is 75.9 Å². The van der Waals surface area contributed by atoms with E-state index >= 15 is 0 Å². The van der Waals surface area contributed by atoms with Gasteiger partial charge in [0.15, 0.2) is 0 Å². The minimum Gasteiger partial charge on any atom is -0.390 e. The molecule has 1 aromatic heterocycles. The van der Waals surface area contributed by atoms with E-state index in [0.717, 1.165) is 17.7 Å². The van der Waals surface area contributed by atoms with Crippen molar-refractivity contribution >= 4 is 18.1 Å². The molecular formula is C34H40F3N5O5. The Morgan fingerprint density at radius 1 is 1.02 bits per heavy atom. The van der Waals surface area contributed by atoms with Crippen molar-refractivity contribution in [3.63, 3.8) is 0 Å². The van der Waals surface area contributed by atoms with Crippen molar-refractivity contribution in [1.82, 2.24) is 25.0 Å². The molecule has 1 fully saturated rings. The number of aliphatic hydroxyl groups is 1. The average Bonchev–Trinajstić information content (AvgIpc) is 3.74. The zero-order valence-corrected chi connectivity index (χ0v) is 26.4. The number of alkyl halides is 3. The zero-order chi connectivity index (χ0) is 33.8. The summed E-state index contributed by atoms with van der Waals surface area (Å²) in [4.78, 5) is 42.2. The summed E-state index contributed by atoms with van der Waals surface area (Å²) in [6.07, 6.45) is -4.38. The van der Waals surface area contributed by atoms with E-state index in [1.807, 2.05) is 54.9 Å². The molecule has 10 nitrogen and oxygen atoms in total. The summed E-state index contributed by atoms with van der Waals surface area (Å²) in [6, 6.07) is 15.1. The number of alkyl carbamates (subject to hydrolysis) is 1. The van der Waals surface area contributed by atoms with Gasteiger partial charge in [0.05, 0.1) is 35.5 Å². The molecule has 5 rings (SSSR count). The predicted octanol–water partition coefficient (Wildman–Crippen LogP) is 4.90. The van der Waals surface area contributed by atoms with Crippen molar-refractivity contribution in [3.8, 4) is 0 Å². The summed E-state index contributed by atoms with van der Waals surface area (Å²) in [6.45, 7) is 5.62. The van der Waals surface area contributed by atoms with Gasteiger partial charge in [-0.25, -0.2) is 9.59 Å². The molecule has 1 aliphatic carbocycles. The number of hydrogen-bond acceptors (Lipinski definition) is 6. The molecule has 0 spiro atoms. The highest BCUT2D eigenvalue weighted by Gasteiger charge is 2.45. The Morgan fingerprint density at radius 3 is 2.40 bits per heavy atom. The van der Waals surface area contributed by atoms with Gasteiger partial charge in [0, 0.05) is 44.5 Å². The maximum Gasteiger partial charge on any atom is 0.419 e. The minimum absolute atomic E-state index is 0.0333. The van der Waals surface area contributed by atoms with Gasteiger partial charge < -0.3 is 34.8 Å². The maximum atomic E-state index is 13.3. The van der Waals surface area contributed by atoms with Crippen LogP contribution in [0.4, 0.5) is 22.8 Å². The predicted molar refractivity (Wildman–Crippen MR) is 167 cm³/mol. The number of benzene rings is 2. The number of halogens is 3. The third-order valence-corrected chi connectivity index (χ3v) is 8.96. The number of carbonyl (C=O) groups is 3. The van der Waals surface area contributed by atoms with Gasteiger partial charge in [-0.3, -0.25) is 4.79 Å². The molecule has 2 aliphatic rings. The van der Waals surface area contributed by atoms with Crippen molar-refractivity contribution in [2.45, 2.75) is 70.1 Å². The van der Waals surface area contributed by atoms with Crippen LogP contribution < -0.4 is 10.6 Å². The van der Waals surface area contributed by atoms with E-state index in [-0.39, 0.29) is 32.0 Å². The first kappa shape index (κ1) is 34.0. The number of amides is 3. The van der Waals surface area contributed by atoms with E-state index in [0.29, 0.717) is 49.3 Å². The Labute approximate surface area is 271 Å². The van der Waals surface area contributed by atoms with Crippen LogP contribution in [0, 0.1) is 0 Å². The number of rotatable bonds is 11. The molecule has 13 heteroatoms. The van der Waals surface area contributed by atoms with E-state index in [2.05, 4.69) is 10.6 Å². The first-order valence-electron chi connectivity index (χ1n) is 15.8. The molecule has 2 atom stereocenters. The number of hydrogen-bond donors (Lipinski definition) is 3. The fraction of sp³-hybridized carbons (Fsp3) is 0.441. The van der Waals surface area contributed by atoms with Gasteiger partial charge in [-0.15, -0.1) is 0 Å². The van der Waals surface area contributed by atoms with Crippen LogP contribution in [0.5, 0.6) is 0 Å². The second kappa shape index (κ2) is 14.2. The Balaban J connectivity index is 1.23. The standard InChI is InChI=1S/C34H40F3N5O5/c1-3-40(4-2)30(44)26-13-16-41-17-18-42(22-28(26)41)32(46)47-31(45)39-27(19-23-9-6-5-7-10-23)29(43)21-38-33(14-15-33)24-11-8-12-25(20-24)34(35,36)37/h5-13,16,20,27,29,38,43H,3-4,14-15,17-19,21-22H2,1-2H3,(H,39,45)/t27-,29+/m0/s1. The molecule has 0 radical (unpaired) electrons. The molecule has 3 aromatic rings.